The Hall–Kier alpha value is -2.21. The molecule has 0 aliphatic carbocycles. The van der Waals surface area contributed by atoms with Crippen LogP contribution in [0, 0.1) is 5.82 Å². The van der Waals surface area contributed by atoms with Crippen molar-refractivity contribution in [1.29, 1.82) is 0 Å². The van der Waals surface area contributed by atoms with Crippen LogP contribution < -0.4 is 0 Å². The molecular weight excluding hydrogens is 297 g/mol. The van der Waals surface area contributed by atoms with Gasteiger partial charge in [0.15, 0.2) is 5.76 Å². The van der Waals surface area contributed by atoms with E-state index in [0.717, 1.165) is 17.7 Å². The standard InChI is InChI=1S/C17H22FN3O2/c1-5-14-10-15(23-19-14)11-21(4)17(22)16(20(2)3)12-6-8-13(18)9-7-12/h6-10,16H,5,11H2,1-4H3/t16-/m0/s1. The summed E-state index contributed by atoms with van der Waals surface area (Å²) in [5.74, 6) is 0.242. The first-order valence-corrected chi connectivity index (χ1v) is 7.53. The molecule has 0 saturated carbocycles. The second-order valence-electron chi connectivity index (χ2n) is 5.75. The smallest absolute Gasteiger partial charge is 0.244 e. The highest BCUT2D eigenvalue weighted by molar-refractivity contribution is 5.83. The predicted molar refractivity (Wildman–Crippen MR) is 85.2 cm³/mol. The van der Waals surface area contributed by atoms with Crippen molar-refractivity contribution in [2.75, 3.05) is 21.1 Å². The van der Waals surface area contributed by atoms with Gasteiger partial charge in [0.25, 0.3) is 0 Å². The monoisotopic (exact) mass is 319 g/mol. The number of rotatable bonds is 6. The van der Waals surface area contributed by atoms with Gasteiger partial charge in [0.2, 0.25) is 5.91 Å². The molecule has 0 radical (unpaired) electrons. The van der Waals surface area contributed by atoms with Gasteiger partial charge < -0.3 is 9.42 Å². The summed E-state index contributed by atoms with van der Waals surface area (Å²) in [7, 11) is 5.36. The number of carbonyl (C=O) groups is 1. The van der Waals surface area contributed by atoms with Gasteiger partial charge in [-0.25, -0.2) is 4.39 Å². The van der Waals surface area contributed by atoms with Gasteiger partial charge in [0.05, 0.1) is 12.2 Å². The first-order valence-electron chi connectivity index (χ1n) is 7.53. The van der Waals surface area contributed by atoms with Crippen LogP contribution in [-0.2, 0) is 17.8 Å². The van der Waals surface area contributed by atoms with Crippen LogP contribution in [0.15, 0.2) is 34.9 Å². The van der Waals surface area contributed by atoms with Gasteiger partial charge in [-0.15, -0.1) is 0 Å². The van der Waals surface area contributed by atoms with Crippen LogP contribution in [-0.4, -0.2) is 42.0 Å². The molecule has 1 aromatic heterocycles. The number of hydrogen-bond donors (Lipinski definition) is 0. The molecule has 1 amide bonds. The summed E-state index contributed by atoms with van der Waals surface area (Å²) in [5, 5.41) is 3.93. The van der Waals surface area contributed by atoms with E-state index in [1.807, 2.05) is 32.0 Å². The summed E-state index contributed by atoms with van der Waals surface area (Å²) >= 11 is 0. The van der Waals surface area contributed by atoms with Crippen LogP contribution in [0.1, 0.15) is 30.0 Å². The molecule has 0 aliphatic heterocycles. The number of aromatic nitrogens is 1. The van der Waals surface area contributed by atoms with Crippen molar-refractivity contribution in [3.8, 4) is 0 Å². The van der Waals surface area contributed by atoms with Gasteiger partial charge >= 0.3 is 0 Å². The Kier molecular flexibility index (Phi) is 5.50. The average molecular weight is 319 g/mol. The third-order valence-corrected chi connectivity index (χ3v) is 3.68. The lowest BCUT2D eigenvalue weighted by atomic mass is 10.0. The van der Waals surface area contributed by atoms with Crippen molar-refractivity contribution in [1.82, 2.24) is 15.0 Å². The molecule has 6 heteroatoms. The van der Waals surface area contributed by atoms with Gasteiger partial charge in [-0.05, 0) is 38.2 Å². The van der Waals surface area contributed by atoms with Crippen LogP contribution in [0.25, 0.3) is 0 Å². The molecule has 0 unspecified atom stereocenters. The Balaban J connectivity index is 2.15. The quantitative estimate of drug-likeness (QED) is 0.821. The van der Waals surface area contributed by atoms with E-state index in [4.69, 9.17) is 4.52 Å². The van der Waals surface area contributed by atoms with Crippen molar-refractivity contribution in [2.24, 2.45) is 0 Å². The van der Waals surface area contributed by atoms with E-state index in [1.54, 1.807) is 24.1 Å². The number of carbonyl (C=O) groups excluding carboxylic acids is 1. The van der Waals surface area contributed by atoms with E-state index in [0.29, 0.717) is 12.3 Å². The van der Waals surface area contributed by atoms with Crippen LogP contribution in [0.3, 0.4) is 0 Å². The van der Waals surface area contributed by atoms with Gasteiger partial charge in [0, 0.05) is 13.1 Å². The molecule has 0 fully saturated rings. The van der Waals surface area contributed by atoms with Gasteiger partial charge in [-0.3, -0.25) is 9.69 Å². The van der Waals surface area contributed by atoms with Gasteiger partial charge in [-0.2, -0.15) is 0 Å². The first kappa shape index (κ1) is 17.1. The van der Waals surface area contributed by atoms with Crippen LogP contribution in [0.2, 0.25) is 0 Å². The normalized spacial score (nSPS) is 12.4. The fourth-order valence-electron chi connectivity index (χ4n) is 2.42. The van der Waals surface area contributed by atoms with Gasteiger partial charge in [0.1, 0.15) is 11.9 Å². The number of aryl methyl sites for hydroxylation is 1. The van der Waals surface area contributed by atoms with Crippen molar-refractivity contribution >= 4 is 5.91 Å². The molecule has 5 nitrogen and oxygen atoms in total. The van der Waals surface area contributed by atoms with E-state index >= 15 is 0 Å². The number of amides is 1. The Morgan fingerprint density at radius 2 is 1.91 bits per heavy atom. The molecular formula is C17H22FN3O2. The Bertz CT molecular complexity index is 652. The molecule has 124 valence electrons. The second-order valence-corrected chi connectivity index (χ2v) is 5.75. The Labute approximate surface area is 135 Å². The molecule has 0 N–H and O–H groups in total. The maximum absolute atomic E-state index is 13.1. The summed E-state index contributed by atoms with van der Waals surface area (Å²) in [4.78, 5) is 16.2. The molecule has 1 heterocycles. The lowest BCUT2D eigenvalue weighted by molar-refractivity contribution is -0.135. The summed E-state index contributed by atoms with van der Waals surface area (Å²) < 4.78 is 18.3. The van der Waals surface area contributed by atoms with E-state index < -0.39 is 6.04 Å². The summed E-state index contributed by atoms with van der Waals surface area (Å²) in [6.07, 6.45) is 0.789. The molecule has 2 aromatic rings. The number of benzene rings is 1. The fraction of sp³-hybridized carbons (Fsp3) is 0.412. The van der Waals surface area contributed by atoms with Crippen molar-refractivity contribution in [2.45, 2.75) is 25.9 Å². The zero-order chi connectivity index (χ0) is 17.0. The molecule has 2 rings (SSSR count). The van der Waals surface area contributed by atoms with Crippen LogP contribution >= 0.6 is 0 Å². The fourth-order valence-corrected chi connectivity index (χ4v) is 2.42. The minimum Gasteiger partial charge on any atom is -0.359 e. The largest absolute Gasteiger partial charge is 0.359 e. The van der Waals surface area contributed by atoms with Crippen LogP contribution in [0.4, 0.5) is 4.39 Å². The summed E-state index contributed by atoms with van der Waals surface area (Å²) in [6, 6.07) is 7.37. The third-order valence-electron chi connectivity index (χ3n) is 3.68. The molecule has 0 aliphatic rings. The first-order chi connectivity index (χ1) is 10.9. The zero-order valence-electron chi connectivity index (χ0n) is 13.9. The second kappa shape index (κ2) is 7.37. The highest BCUT2D eigenvalue weighted by Gasteiger charge is 2.26. The highest BCUT2D eigenvalue weighted by atomic mass is 19.1. The minimum absolute atomic E-state index is 0.0870. The molecule has 0 spiro atoms. The number of halogens is 1. The predicted octanol–water partition coefficient (Wildman–Crippen LogP) is 2.64. The average Bonchev–Trinajstić information content (AvgIpc) is 2.96. The Morgan fingerprint density at radius 3 is 2.43 bits per heavy atom. The maximum Gasteiger partial charge on any atom is 0.244 e. The Morgan fingerprint density at radius 1 is 1.26 bits per heavy atom. The van der Waals surface area contributed by atoms with Crippen molar-refractivity contribution < 1.29 is 13.7 Å². The number of nitrogens with zero attached hydrogens (tertiary/aromatic N) is 3. The van der Waals surface area contributed by atoms with E-state index in [9.17, 15) is 9.18 Å². The minimum atomic E-state index is -0.478. The van der Waals surface area contributed by atoms with Crippen molar-refractivity contribution in [3.63, 3.8) is 0 Å². The van der Waals surface area contributed by atoms with E-state index in [-0.39, 0.29) is 11.7 Å². The number of likely N-dealkylation sites (N-methyl/N-ethyl adjacent to an activating group) is 2. The zero-order valence-corrected chi connectivity index (χ0v) is 13.9. The van der Waals surface area contributed by atoms with Crippen LogP contribution in [0.5, 0.6) is 0 Å². The summed E-state index contributed by atoms with van der Waals surface area (Å²) in [6.45, 7) is 2.34. The SMILES string of the molecule is CCc1cc(CN(C)C(=O)[C@H](c2ccc(F)cc2)N(C)C)on1. The molecule has 23 heavy (non-hydrogen) atoms. The molecule has 1 atom stereocenters. The molecule has 0 saturated heterocycles. The molecule has 1 aromatic carbocycles. The topological polar surface area (TPSA) is 49.6 Å². The third kappa shape index (κ3) is 4.16. The number of hydrogen-bond acceptors (Lipinski definition) is 4. The summed E-state index contributed by atoms with van der Waals surface area (Å²) in [5.41, 5.74) is 1.61. The van der Waals surface area contributed by atoms with Gasteiger partial charge in [-0.1, -0.05) is 24.2 Å². The lowest BCUT2D eigenvalue weighted by Crippen LogP contribution is -2.38. The molecule has 0 bridgehead atoms. The van der Waals surface area contributed by atoms with E-state index in [1.165, 1.54) is 12.1 Å². The highest BCUT2D eigenvalue weighted by Crippen LogP contribution is 2.22. The lowest BCUT2D eigenvalue weighted by Gasteiger charge is -2.28. The van der Waals surface area contributed by atoms with E-state index in [2.05, 4.69) is 5.16 Å². The van der Waals surface area contributed by atoms with Crippen molar-refractivity contribution in [3.05, 3.63) is 53.2 Å². The maximum atomic E-state index is 13.1.